The van der Waals surface area contributed by atoms with Crippen molar-refractivity contribution in [3.8, 4) is 0 Å². The lowest BCUT2D eigenvalue weighted by Crippen LogP contribution is -2.10. The molecule has 0 unspecified atom stereocenters. The maximum absolute atomic E-state index is 5.97. The summed E-state index contributed by atoms with van der Waals surface area (Å²) >= 11 is 9.46. The lowest BCUT2D eigenvalue weighted by Gasteiger charge is -2.07. The van der Waals surface area contributed by atoms with Crippen molar-refractivity contribution in [3.63, 3.8) is 0 Å². The molecular formula is C12H11BrClN5. The molecule has 0 aliphatic rings. The highest BCUT2D eigenvalue weighted by atomic mass is 79.9. The van der Waals surface area contributed by atoms with Gasteiger partial charge in [-0.25, -0.2) is 4.98 Å². The van der Waals surface area contributed by atoms with Crippen molar-refractivity contribution < 1.29 is 0 Å². The molecule has 0 fully saturated rings. The Hall–Kier alpha value is -1.40. The predicted octanol–water partition coefficient (Wildman–Crippen LogP) is 2.83. The van der Waals surface area contributed by atoms with Crippen molar-refractivity contribution in [2.75, 3.05) is 0 Å². The first kappa shape index (κ1) is 12.6. The summed E-state index contributed by atoms with van der Waals surface area (Å²) in [5.41, 5.74) is 2.03. The lowest BCUT2D eigenvalue weighted by atomic mass is 10.3. The van der Waals surface area contributed by atoms with Crippen LogP contribution in [0.15, 0.2) is 35.1 Å². The highest BCUT2D eigenvalue weighted by Crippen LogP contribution is 2.22. The number of alkyl halides is 1. The van der Waals surface area contributed by atoms with E-state index in [9.17, 15) is 0 Å². The van der Waals surface area contributed by atoms with Crippen LogP contribution < -0.4 is 0 Å². The van der Waals surface area contributed by atoms with Gasteiger partial charge in [0.2, 0.25) is 0 Å². The number of imidazole rings is 1. The predicted molar refractivity (Wildman–Crippen MR) is 77.0 cm³/mol. The summed E-state index contributed by atoms with van der Waals surface area (Å²) in [5, 5.41) is 7.76. The molecule has 0 N–H and O–H groups in total. The molecule has 0 saturated heterocycles. The van der Waals surface area contributed by atoms with Crippen LogP contribution in [0.2, 0.25) is 0 Å². The van der Waals surface area contributed by atoms with Gasteiger partial charge in [0.25, 0.3) is 0 Å². The minimum atomic E-state index is 0.393. The smallest absolute Gasteiger partial charge is 0.124 e. The van der Waals surface area contributed by atoms with Gasteiger partial charge in [0.15, 0.2) is 0 Å². The summed E-state index contributed by atoms with van der Waals surface area (Å²) in [5.74, 6) is 1.26. The maximum atomic E-state index is 5.97. The van der Waals surface area contributed by atoms with Crippen LogP contribution in [0.4, 0.5) is 0 Å². The van der Waals surface area contributed by atoms with Crippen LogP contribution in [0, 0.1) is 0 Å². The standard InChI is InChI=1S/C12H11BrClN5/c13-9-1-2-10-11(7-9)19(12(8-14)16-10)6-5-18-4-3-15-17-18/h1-4,7H,5-6,8H2. The van der Waals surface area contributed by atoms with Crippen molar-refractivity contribution in [2.24, 2.45) is 0 Å². The average molecular weight is 341 g/mol. The van der Waals surface area contributed by atoms with Crippen LogP contribution in [-0.2, 0) is 19.0 Å². The molecule has 5 nitrogen and oxygen atoms in total. The topological polar surface area (TPSA) is 48.5 Å². The fourth-order valence-corrected chi connectivity index (χ4v) is 2.60. The normalized spacial score (nSPS) is 11.3. The summed E-state index contributed by atoms with van der Waals surface area (Å²) in [6.07, 6.45) is 3.51. The minimum Gasteiger partial charge on any atom is -0.325 e. The van der Waals surface area contributed by atoms with Crippen molar-refractivity contribution in [1.82, 2.24) is 24.5 Å². The Bertz CT molecular complexity index is 692. The van der Waals surface area contributed by atoms with Crippen LogP contribution in [0.3, 0.4) is 0 Å². The molecule has 3 rings (SSSR count). The number of benzene rings is 1. The third-order valence-electron chi connectivity index (χ3n) is 2.93. The lowest BCUT2D eigenvalue weighted by molar-refractivity contribution is 0.519. The Morgan fingerprint density at radius 1 is 1.26 bits per heavy atom. The van der Waals surface area contributed by atoms with Crippen molar-refractivity contribution in [1.29, 1.82) is 0 Å². The number of halogens is 2. The molecule has 19 heavy (non-hydrogen) atoms. The Balaban J connectivity index is 1.97. The number of aromatic nitrogens is 5. The molecule has 2 aromatic heterocycles. The van der Waals surface area contributed by atoms with E-state index in [0.717, 1.165) is 34.4 Å². The quantitative estimate of drug-likeness (QED) is 0.686. The Kier molecular flexibility index (Phi) is 3.52. The molecule has 0 radical (unpaired) electrons. The molecule has 0 saturated carbocycles. The van der Waals surface area contributed by atoms with Crippen molar-refractivity contribution in [3.05, 3.63) is 40.9 Å². The number of rotatable bonds is 4. The van der Waals surface area contributed by atoms with E-state index in [2.05, 4.69) is 41.9 Å². The van der Waals surface area contributed by atoms with E-state index in [4.69, 9.17) is 11.6 Å². The van der Waals surface area contributed by atoms with E-state index in [-0.39, 0.29) is 0 Å². The zero-order valence-electron chi connectivity index (χ0n) is 10.0. The molecule has 0 aliphatic carbocycles. The van der Waals surface area contributed by atoms with Gasteiger partial charge < -0.3 is 4.57 Å². The highest BCUT2D eigenvalue weighted by Gasteiger charge is 2.10. The number of aryl methyl sites for hydroxylation is 2. The largest absolute Gasteiger partial charge is 0.325 e. The Morgan fingerprint density at radius 3 is 2.89 bits per heavy atom. The number of nitrogens with zero attached hydrogens (tertiary/aromatic N) is 5. The molecule has 0 bridgehead atoms. The van der Waals surface area contributed by atoms with Crippen molar-refractivity contribution in [2.45, 2.75) is 19.0 Å². The van der Waals surface area contributed by atoms with Crippen LogP contribution in [0.5, 0.6) is 0 Å². The van der Waals surface area contributed by atoms with Crippen LogP contribution >= 0.6 is 27.5 Å². The highest BCUT2D eigenvalue weighted by molar-refractivity contribution is 9.10. The monoisotopic (exact) mass is 339 g/mol. The van der Waals surface area contributed by atoms with E-state index in [1.165, 1.54) is 0 Å². The fourth-order valence-electron chi connectivity index (χ4n) is 2.05. The Labute approximate surface area is 123 Å². The van der Waals surface area contributed by atoms with E-state index in [0.29, 0.717) is 5.88 Å². The SMILES string of the molecule is ClCc1nc2ccc(Br)cc2n1CCn1ccnn1. The van der Waals surface area contributed by atoms with Gasteiger partial charge in [-0.05, 0) is 18.2 Å². The average Bonchev–Trinajstić information content (AvgIpc) is 3.03. The van der Waals surface area contributed by atoms with Crippen LogP contribution in [0.1, 0.15) is 5.82 Å². The molecule has 7 heteroatoms. The Morgan fingerprint density at radius 2 is 2.16 bits per heavy atom. The van der Waals surface area contributed by atoms with E-state index in [1.54, 1.807) is 10.9 Å². The summed E-state index contributed by atoms with van der Waals surface area (Å²) in [7, 11) is 0. The van der Waals surface area contributed by atoms with Gasteiger partial charge in [-0.2, -0.15) is 0 Å². The molecule has 98 valence electrons. The van der Waals surface area contributed by atoms with Gasteiger partial charge in [-0.15, -0.1) is 16.7 Å². The number of hydrogen-bond acceptors (Lipinski definition) is 3. The second kappa shape index (κ2) is 5.30. The molecule has 2 heterocycles. The maximum Gasteiger partial charge on any atom is 0.124 e. The van der Waals surface area contributed by atoms with E-state index >= 15 is 0 Å². The second-order valence-electron chi connectivity index (χ2n) is 4.11. The van der Waals surface area contributed by atoms with Gasteiger partial charge in [-0.3, -0.25) is 4.68 Å². The fraction of sp³-hybridized carbons (Fsp3) is 0.250. The van der Waals surface area contributed by atoms with Crippen LogP contribution in [-0.4, -0.2) is 24.5 Å². The van der Waals surface area contributed by atoms with E-state index < -0.39 is 0 Å². The second-order valence-corrected chi connectivity index (χ2v) is 5.30. The first-order chi connectivity index (χ1) is 9.28. The van der Waals surface area contributed by atoms with Gasteiger partial charge in [-0.1, -0.05) is 21.1 Å². The summed E-state index contributed by atoms with van der Waals surface area (Å²) in [4.78, 5) is 4.54. The zero-order valence-corrected chi connectivity index (χ0v) is 12.3. The van der Waals surface area contributed by atoms with E-state index in [1.807, 2.05) is 18.3 Å². The summed E-state index contributed by atoms with van der Waals surface area (Å²) in [6.45, 7) is 1.50. The molecule has 0 amide bonds. The first-order valence-corrected chi connectivity index (χ1v) is 7.15. The minimum absolute atomic E-state index is 0.393. The van der Waals surface area contributed by atoms with Gasteiger partial charge in [0, 0.05) is 17.2 Å². The van der Waals surface area contributed by atoms with Gasteiger partial charge >= 0.3 is 0 Å². The number of fused-ring (bicyclic) bond motifs is 1. The summed E-state index contributed by atoms with van der Waals surface area (Å²) < 4.78 is 4.94. The molecule has 0 aliphatic heterocycles. The molecule has 0 atom stereocenters. The third kappa shape index (κ3) is 2.50. The zero-order chi connectivity index (χ0) is 13.2. The molecular weight excluding hydrogens is 330 g/mol. The van der Waals surface area contributed by atoms with Crippen LogP contribution in [0.25, 0.3) is 11.0 Å². The van der Waals surface area contributed by atoms with Crippen molar-refractivity contribution >= 4 is 38.6 Å². The molecule has 1 aromatic carbocycles. The third-order valence-corrected chi connectivity index (χ3v) is 3.67. The van der Waals surface area contributed by atoms with Gasteiger partial charge in [0.05, 0.1) is 29.7 Å². The number of hydrogen-bond donors (Lipinski definition) is 0. The summed E-state index contributed by atoms with van der Waals surface area (Å²) in [6, 6.07) is 6.02. The first-order valence-electron chi connectivity index (χ1n) is 5.82. The molecule has 0 spiro atoms. The molecule has 3 aromatic rings. The van der Waals surface area contributed by atoms with Gasteiger partial charge in [0.1, 0.15) is 5.82 Å².